The number of nitrogens with zero attached hydrogens (tertiary/aromatic N) is 2. The molecule has 2 aromatic carbocycles. The van der Waals surface area contributed by atoms with E-state index in [1.807, 2.05) is 17.0 Å². The van der Waals surface area contributed by atoms with Crippen molar-refractivity contribution in [1.29, 1.82) is 0 Å². The van der Waals surface area contributed by atoms with Crippen molar-refractivity contribution in [2.24, 2.45) is 0 Å². The quantitative estimate of drug-likeness (QED) is 0.595. The van der Waals surface area contributed by atoms with E-state index in [0.717, 1.165) is 22.0 Å². The van der Waals surface area contributed by atoms with Gasteiger partial charge in [0.05, 0.1) is 17.9 Å². The van der Waals surface area contributed by atoms with E-state index in [0.29, 0.717) is 0 Å². The Morgan fingerprint density at radius 2 is 2.00 bits per heavy atom. The first-order valence-corrected chi connectivity index (χ1v) is 7.71. The zero-order valence-electron chi connectivity index (χ0n) is 13.1. The van der Waals surface area contributed by atoms with E-state index in [2.05, 4.69) is 9.97 Å². The number of aromatic amines is 1. The minimum absolute atomic E-state index is 0.220. The zero-order chi connectivity index (χ0) is 17.4. The number of nitrogens with one attached hydrogen (secondary N) is 1. The number of halogens is 1. The number of hydrogen-bond donors (Lipinski definition) is 2. The van der Waals surface area contributed by atoms with Crippen molar-refractivity contribution in [2.45, 2.75) is 6.04 Å². The van der Waals surface area contributed by atoms with Gasteiger partial charge in [-0.2, -0.15) is 0 Å². The molecule has 5 nitrogen and oxygen atoms in total. The van der Waals surface area contributed by atoms with Crippen molar-refractivity contribution < 1.29 is 14.3 Å². The van der Waals surface area contributed by atoms with Crippen molar-refractivity contribution in [2.75, 3.05) is 0 Å². The van der Waals surface area contributed by atoms with Gasteiger partial charge in [0.1, 0.15) is 5.82 Å². The molecule has 0 radical (unpaired) electrons. The molecule has 0 amide bonds. The Kier molecular flexibility index (Phi) is 3.57. The topological polar surface area (TPSA) is 70.9 Å². The third-order valence-electron chi connectivity index (χ3n) is 4.27. The van der Waals surface area contributed by atoms with Crippen LogP contribution in [-0.4, -0.2) is 25.6 Å². The van der Waals surface area contributed by atoms with Crippen LogP contribution in [0.1, 0.15) is 27.5 Å². The number of hydrogen-bond acceptors (Lipinski definition) is 2. The van der Waals surface area contributed by atoms with Crippen molar-refractivity contribution in [1.82, 2.24) is 14.5 Å². The first kappa shape index (κ1) is 15.1. The number of imidazole rings is 1. The lowest BCUT2D eigenvalue weighted by Gasteiger charge is -2.19. The van der Waals surface area contributed by atoms with Crippen LogP contribution in [0, 0.1) is 5.82 Å². The van der Waals surface area contributed by atoms with Gasteiger partial charge in [-0.15, -0.1) is 0 Å². The van der Waals surface area contributed by atoms with Gasteiger partial charge in [-0.05, 0) is 35.9 Å². The molecule has 0 fully saturated rings. The largest absolute Gasteiger partial charge is 0.478 e. The third-order valence-corrected chi connectivity index (χ3v) is 4.27. The second kappa shape index (κ2) is 5.90. The summed E-state index contributed by atoms with van der Waals surface area (Å²) in [6.45, 7) is 0. The van der Waals surface area contributed by atoms with Gasteiger partial charge >= 0.3 is 5.97 Å². The number of aromatic carboxylic acids is 1. The smallest absolute Gasteiger partial charge is 0.335 e. The Morgan fingerprint density at radius 3 is 2.68 bits per heavy atom. The molecule has 124 valence electrons. The highest BCUT2D eigenvalue weighted by Gasteiger charge is 2.20. The molecule has 2 N–H and O–H groups in total. The van der Waals surface area contributed by atoms with E-state index in [-0.39, 0.29) is 17.4 Å². The van der Waals surface area contributed by atoms with Gasteiger partial charge in [0.15, 0.2) is 0 Å². The van der Waals surface area contributed by atoms with Crippen molar-refractivity contribution in [3.8, 4) is 0 Å². The molecule has 1 atom stereocenters. The molecule has 0 aliphatic heterocycles. The Bertz CT molecular complexity index is 1040. The summed E-state index contributed by atoms with van der Waals surface area (Å²) < 4.78 is 15.7. The summed E-state index contributed by atoms with van der Waals surface area (Å²) in [7, 11) is 0. The fourth-order valence-electron chi connectivity index (χ4n) is 3.08. The van der Waals surface area contributed by atoms with Crippen molar-refractivity contribution >= 4 is 16.9 Å². The molecule has 0 saturated heterocycles. The number of H-pyrrole nitrogens is 1. The van der Waals surface area contributed by atoms with Gasteiger partial charge < -0.3 is 14.7 Å². The second-order valence-electron chi connectivity index (χ2n) is 5.77. The Balaban J connectivity index is 1.89. The van der Waals surface area contributed by atoms with Crippen LogP contribution in [0.3, 0.4) is 0 Å². The van der Waals surface area contributed by atoms with Crippen LogP contribution in [0.2, 0.25) is 0 Å². The molecule has 25 heavy (non-hydrogen) atoms. The molecule has 4 rings (SSSR count). The molecule has 0 bridgehead atoms. The number of carboxylic acids is 1. The maximum absolute atomic E-state index is 13.7. The number of rotatable bonds is 4. The number of benzene rings is 2. The van der Waals surface area contributed by atoms with Crippen LogP contribution in [0.25, 0.3) is 10.9 Å². The average molecular weight is 335 g/mol. The van der Waals surface area contributed by atoms with Gasteiger partial charge in [0.2, 0.25) is 0 Å². The SMILES string of the molecule is O=C(O)c1ccc(C(c2c[nH]c3ccc(F)cc23)n2ccnc2)cc1. The van der Waals surface area contributed by atoms with E-state index >= 15 is 0 Å². The lowest BCUT2D eigenvalue weighted by molar-refractivity contribution is 0.0697. The lowest BCUT2D eigenvalue weighted by atomic mass is 9.97. The molecule has 4 aromatic rings. The van der Waals surface area contributed by atoms with E-state index < -0.39 is 5.97 Å². The minimum Gasteiger partial charge on any atom is -0.478 e. The monoisotopic (exact) mass is 335 g/mol. The van der Waals surface area contributed by atoms with E-state index in [4.69, 9.17) is 5.11 Å². The van der Waals surface area contributed by atoms with E-state index in [9.17, 15) is 9.18 Å². The van der Waals surface area contributed by atoms with Crippen LogP contribution in [0.4, 0.5) is 4.39 Å². The number of aromatic nitrogens is 3. The molecule has 0 spiro atoms. The van der Waals surface area contributed by atoms with Crippen LogP contribution in [-0.2, 0) is 0 Å². The maximum atomic E-state index is 13.7. The molecule has 2 aromatic heterocycles. The highest BCUT2D eigenvalue weighted by molar-refractivity contribution is 5.88. The van der Waals surface area contributed by atoms with Gasteiger partial charge in [-0.25, -0.2) is 14.2 Å². The number of carbonyl (C=O) groups is 1. The predicted octanol–water partition coefficient (Wildman–Crippen LogP) is 3.84. The maximum Gasteiger partial charge on any atom is 0.335 e. The number of carboxylic acid groups (broad SMARTS) is 1. The van der Waals surface area contributed by atoms with E-state index in [1.54, 1.807) is 42.9 Å². The predicted molar refractivity (Wildman–Crippen MR) is 91.1 cm³/mol. The summed E-state index contributed by atoms with van der Waals surface area (Å²) in [6, 6.07) is 11.0. The first-order valence-electron chi connectivity index (χ1n) is 7.71. The van der Waals surface area contributed by atoms with Crippen molar-refractivity contribution in [3.63, 3.8) is 0 Å². The summed E-state index contributed by atoms with van der Waals surface area (Å²) >= 11 is 0. The van der Waals surface area contributed by atoms with Crippen LogP contribution < -0.4 is 0 Å². The fraction of sp³-hybridized carbons (Fsp3) is 0.0526. The average Bonchev–Trinajstić information content (AvgIpc) is 3.26. The van der Waals surface area contributed by atoms with Gasteiger partial charge in [0.25, 0.3) is 0 Å². The van der Waals surface area contributed by atoms with Crippen molar-refractivity contribution in [3.05, 3.63) is 89.9 Å². The van der Waals surface area contributed by atoms with E-state index in [1.165, 1.54) is 12.1 Å². The summed E-state index contributed by atoms with van der Waals surface area (Å²) in [6.07, 6.45) is 7.04. The fourth-order valence-corrected chi connectivity index (χ4v) is 3.08. The normalized spacial score (nSPS) is 12.4. The molecule has 2 heterocycles. The Hall–Kier alpha value is -3.41. The van der Waals surface area contributed by atoms with Gasteiger partial charge in [0, 0.05) is 35.1 Å². The lowest BCUT2D eigenvalue weighted by Crippen LogP contribution is -2.10. The number of fused-ring (bicyclic) bond motifs is 1. The second-order valence-corrected chi connectivity index (χ2v) is 5.77. The molecular formula is C19H14FN3O2. The highest BCUT2D eigenvalue weighted by Crippen LogP contribution is 2.32. The van der Waals surface area contributed by atoms with Gasteiger partial charge in [-0.1, -0.05) is 12.1 Å². The van der Waals surface area contributed by atoms with Gasteiger partial charge in [-0.3, -0.25) is 0 Å². The molecule has 0 saturated carbocycles. The van der Waals surface area contributed by atoms with Crippen LogP contribution in [0.5, 0.6) is 0 Å². The summed E-state index contributed by atoms with van der Waals surface area (Å²) in [5, 5.41) is 9.87. The standard InChI is InChI=1S/C19H14FN3O2/c20-14-5-6-17-15(9-14)16(10-22-17)18(23-8-7-21-11-23)12-1-3-13(4-2-12)19(24)25/h1-11,18,22H,(H,24,25). The summed E-state index contributed by atoms with van der Waals surface area (Å²) in [4.78, 5) is 18.4. The highest BCUT2D eigenvalue weighted by atomic mass is 19.1. The molecule has 6 heteroatoms. The Labute approximate surface area is 142 Å². The van der Waals surface area contributed by atoms with Crippen LogP contribution in [0.15, 0.2) is 67.4 Å². The molecule has 0 aliphatic carbocycles. The van der Waals surface area contributed by atoms with Crippen LogP contribution >= 0.6 is 0 Å². The first-order chi connectivity index (χ1) is 12.1. The summed E-state index contributed by atoms with van der Waals surface area (Å²) in [5.41, 5.74) is 2.82. The Morgan fingerprint density at radius 1 is 1.20 bits per heavy atom. The summed E-state index contributed by atoms with van der Waals surface area (Å²) in [5.74, 6) is -1.28. The molecule has 1 unspecified atom stereocenters. The minimum atomic E-state index is -0.972. The third kappa shape index (κ3) is 2.67. The molecule has 0 aliphatic rings. The zero-order valence-corrected chi connectivity index (χ0v) is 13.1. The molecular weight excluding hydrogens is 321 g/mol.